The molecular formula is C28H42N6O6S. The van der Waals surface area contributed by atoms with E-state index in [0.29, 0.717) is 5.56 Å². The molecule has 0 aliphatic carbocycles. The quantitative estimate of drug-likeness (QED) is 0.188. The van der Waals surface area contributed by atoms with Crippen molar-refractivity contribution in [1.82, 2.24) is 10.2 Å². The third kappa shape index (κ3) is 9.07. The molecule has 0 fully saturated rings. The highest BCUT2D eigenvalue weighted by Crippen LogP contribution is 2.26. The molecular weight excluding hydrogens is 548 g/mol. The van der Waals surface area contributed by atoms with Gasteiger partial charge in [0.1, 0.15) is 12.1 Å². The van der Waals surface area contributed by atoms with Gasteiger partial charge in [0.05, 0.1) is 22.1 Å². The number of carbonyl (C=O) groups is 3. The summed E-state index contributed by atoms with van der Waals surface area (Å²) in [5, 5.41) is 16.2. The zero-order valence-corrected chi connectivity index (χ0v) is 24.8. The molecule has 0 bridgehead atoms. The smallest absolute Gasteiger partial charge is 0.250 e. The van der Waals surface area contributed by atoms with Gasteiger partial charge in [-0.1, -0.05) is 29.8 Å². The Morgan fingerprint density at radius 2 is 1.46 bits per heavy atom. The molecule has 3 atom stereocenters. The molecule has 0 aliphatic rings. The fourth-order valence-electron chi connectivity index (χ4n) is 3.88. The molecule has 226 valence electrons. The van der Waals surface area contributed by atoms with E-state index in [-0.39, 0.29) is 43.2 Å². The molecule has 12 nitrogen and oxygen atoms in total. The first kappa shape index (κ1) is 33.8. The Hall–Kier alpha value is -3.36. The zero-order chi connectivity index (χ0) is 31.0. The maximum absolute atomic E-state index is 13.3. The number of nitrogens with zero attached hydrogens (tertiary/aromatic N) is 1. The van der Waals surface area contributed by atoms with Gasteiger partial charge in [-0.15, -0.1) is 0 Å². The maximum atomic E-state index is 13.3. The highest BCUT2D eigenvalue weighted by molar-refractivity contribution is 7.92. The molecule has 3 amide bonds. The standard InChI is InChI=1S/C28H42N6O6S/c1-18-5-7-19(8-6-18)25(36)24(33-26(37)22(31)17-23(35)34(15-13-29)16-14-30)27(38)32-20-9-11-21(12-10-20)41(39,40)28(2,3)4/h5-12,22,24-25,36H,13-17,29-31H2,1-4H3,(H,32,38)(H,33,37)/t22-,24-,25+/m0/s1. The molecule has 0 aromatic heterocycles. The zero-order valence-electron chi connectivity index (χ0n) is 24.0. The van der Waals surface area contributed by atoms with Crippen LogP contribution in [-0.2, 0) is 24.2 Å². The van der Waals surface area contributed by atoms with Crippen molar-refractivity contribution in [3.05, 3.63) is 59.7 Å². The first-order chi connectivity index (χ1) is 19.1. The monoisotopic (exact) mass is 590 g/mol. The van der Waals surface area contributed by atoms with Crippen LogP contribution in [0.4, 0.5) is 5.69 Å². The Labute approximate surface area is 241 Å². The molecule has 0 saturated carbocycles. The fraction of sp³-hybridized carbons (Fsp3) is 0.464. The minimum atomic E-state index is -3.61. The Morgan fingerprint density at radius 1 is 0.927 bits per heavy atom. The van der Waals surface area contributed by atoms with Gasteiger partial charge in [-0.05, 0) is 57.5 Å². The number of carbonyl (C=O) groups excluding carboxylic acids is 3. The highest BCUT2D eigenvalue weighted by Gasteiger charge is 2.33. The van der Waals surface area contributed by atoms with E-state index in [4.69, 9.17) is 17.2 Å². The van der Waals surface area contributed by atoms with Gasteiger partial charge in [-0.3, -0.25) is 14.4 Å². The molecule has 13 heteroatoms. The van der Waals surface area contributed by atoms with Crippen LogP contribution in [-0.4, -0.2) is 79.2 Å². The van der Waals surface area contributed by atoms with E-state index < -0.39 is 50.5 Å². The molecule has 41 heavy (non-hydrogen) atoms. The predicted molar refractivity (Wildman–Crippen MR) is 157 cm³/mol. The molecule has 9 N–H and O–H groups in total. The number of hydrogen-bond acceptors (Lipinski definition) is 9. The van der Waals surface area contributed by atoms with Crippen LogP contribution in [0.15, 0.2) is 53.4 Å². The summed E-state index contributed by atoms with van der Waals surface area (Å²) >= 11 is 0. The van der Waals surface area contributed by atoms with Crippen LogP contribution in [0.5, 0.6) is 0 Å². The molecule has 0 aliphatic heterocycles. The van der Waals surface area contributed by atoms with E-state index in [0.717, 1.165) is 5.56 Å². The molecule has 0 radical (unpaired) electrons. The van der Waals surface area contributed by atoms with Gasteiger partial charge in [0.2, 0.25) is 17.7 Å². The molecule has 2 aromatic rings. The first-order valence-corrected chi connectivity index (χ1v) is 14.7. The molecule has 0 unspecified atom stereocenters. The third-order valence-electron chi connectivity index (χ3n) is 6.44. The van der Waals surface area contributed by atoms with Crippen LogP contribution >= 0.6 is 0 Å². The SMILES string of the molecule is Cc1ccc([C@@H](O)[C@H](NC(=O)[C@@H](N)CC(=O)N(CCN)CCN)C(=O)Nc2ccc(S(=O)(=O)C(C)(C)C)cc2)cc1. The number of aryl methyl sites for hydroxylation is 1. The average molecular weight is 591 g/mol. The van der Waals surface area contributed by atoms with Gasteiger partial charge in [0, 0.05) is 31.9 Å². The Kier molecular flexibility index (Phi) is 12.0. The van der Waals surface area contributed by atoms with Crippen molar-refractivity contribution in [2.45, 2.75) is 61.9 Å². The van der Waals surface area contributed by atoms with Gasteiger partial charge in [-0.2, -0.15) is 0 Å². The summed E-state index contributed by atoms with van der Waals surface area (Å²) < 4.78 is 24.4. The van der Waals surface area contributed by atoms with Gasteiger partial charge in [0.25, 0.3) is 0 Å². The van der Waals surface area contributed by atoms with Crippen LogP contribution in [0.2, 0.25) is 0 Å². The second-order valence-electron chi connectivity index (χ2n) is 10.7. The summed E-state index contributed by atoms with van der Waals surface area (Å²) in [6.45, 7) is 7.54. The molecule has 0 spiro atoms. The lowest BCUT2D eigenvalue weighted by Gasteiger charge is -2.26. The van der Waals surface area contributed by atoms with E-state index in [9.17, 15) is 27.9 Å². The minimum absolute atomic E-state index is 0.0847. The largest absolute Gasteiger partial charge is 0.386 e. The van der Waals surface area contributed by atoms with Crippen molar-refractivity contribution in [1.29, 1.82) is 0 Å². The van der Waals surface area contributed by atoms with Gasteiger partial charge < -0.3 is 37.8 Å². The average Bonchev–Trinajstić information content (AvgIpc) is 2.91. The summed E-state index contributed by atoms with van der Waals surface area (Å²) in [4.78, 5) is 40.5. The Bertz CT molecular complexity index is 1290. The van der Waals surface area contributed by atoms with Crippen molar-refractivity contribution >= 4 is 33.2 Å². The summed E-state index contributed by atoms with van der Waals surface area (Å²) in [6, 6.07) is 9.51. The lowest BCUT2D eigenvalue weighted by atomic mass is 9.99. The third-order valence-corrected chi connectivity index (χ3v) is 8.94. The Morgan fingerprint density at radius 3 is 1.95 bits per heavy atom. The normalized spacial score (nSPS) is 14.0. The van der Waals surface area contributed by atoms with Crippen LogP contribution in [0.3, 0.4) is 0 Å². The van der Waals surface area contributed by atoms with Crippen molar-refractivity contribution < 1.29 is 27.9 Å². The van der Waals surface area contributed by atoms with Crippen LogP contribution in [0, 0.1) is 6.92 Å². The van der Waals surface area contributed by atoms with E-state index in [2.05, 4.69) is 10.6 Å². The number of sulfone groups is 1. The van der Waals surface area contributed by atoms with Gasteiger partial charge in [0.15, 0.2) is 9.84 Å². The van der Waals surface area contributed by atoms with E-state index in [1.54, 1.807) is 45.0 Å². The molecule has 2 aromatic carbocycles. The number of nitrogens with two attached hydrogens (primary N) is 3. The van der Waals surface area contributed by atoms with Gasteiger partial charge >= 0.3 is 0 Å². The number of aliphatic hydroxyl groups excluding tert-OH is 1. The first-order valence-electron chi connectivity index (χ1n) is 13.3. The number of rotatable bonds is 13. The second kappa shape index (κ2) is 14.5. The molecule has 2 rings (SSSR count). The topological polar surface area (TPSA) is 211 Å². The minimum Gasteiger partial charge on any atom is -0.386 e. The number of amides is 3. The number of benzene rings is 2. The van der Waals surface area contributed by atoms with Gasteiger partial charge in [-0.25, -0.2) is 8.42 Å². The van der Waals surface area contributed by atoms with Crippen molar-refractivity contribution in [3.8, 4) is 0 Å². The van der Waals surface area contributed by atoms with E-state index in [1.807, 2.05) is 6.92 Å². The molecule has 0 saturated heterocycles. The maximum Gasteiger partial charge on any atom is 0.250 e. The number of anilines is 1. The fourth-order valence-corrected chi connectivity index (χ4v) is 5.08. The number of nitrogens with one attached hydrogen (secondary N) is 2. The van der Waals surface area contributed by atoms with E-state index in [1.165, 1.54) is 29.2 Å². The highest BCUT2D eigenvalue weighted by atomic mass is 32.2. The summed E-state index contributed by atoms with van der Waals surface area (Å²) in [7, 11) is -3.61. The Balaban J connectivity index is 2.27. The summed E-state index contributed by atoms with van der Waals surface area (Å²) in [5.41, 5.74) is 18.6. The van der Waals surface area contributed by atoms with Crippen LogP contribution in [0.1, 0.15) is 44.4 Å². The second-order valence-corrected chi connectivity index (χ2v) is 13.4. The van der Waals surface area contributed by atoms with Crippen LogP contribution < -0.4 is 27.8 Å². The van der Waals surface area contributed by atoms with E-state index >= 15 is 0 Å². The number of hydrogen-bond donors (Lipinski definition) is 6. The summed E-state index contributed by atoms with van der Waals surface area (Å²) in [5.74, 6) is -2.02. The lowest BCUT2D eigenvalue weighted by Crippen LogP contribution is -2.53. The number of aliphatic hydroxyl groups is 1. The summed E-state index contributed by atoms with van der Waals surface area (Å²) in [6.07, 6.45) is -1.82. The molecule has 0 heterocycles. The van der Waals surface area contributed by atoms with Crippen LogP contribution in [0.25, 0.3) is 0 Å². The van der Waals surface area contributed by atoms with Crippen molar-refractivity contribution in [3.63, 3.8) is 0 Å². The van der Waals surface area contributed by atoms with Crippen molar-refractivity contribution in [2.75, 3.05) is 31.5 Å². The van der Waals surface area contributed by atoms with Crippen molar-refractivity contribution in [2.24, 2.45) is 17.2 Å². The lowest BCUT2D eigenvalue weighted by molar-refractivity contribution is -0.135. The predicted octanol–water partition coefficient (Wildman–Crippen LogP) is 0.188.